The predicted molar refractivity (Wildman–Crippen MR) is 78.6 cm³/mol. The fourth-order valence-corrected chi connectivity index (χ4v) is 3.69. The normalized spacial score (nSPS) is 11.0. The predicted octanol–water partition coefficient (Wildman–Crippen LogP) is 0.747. The zero-order valence-electron chi connectivity index (χ0n) is 10.6. The highest BCUT2D eigenvalue weighted by Crippen LogP contribution is 2.22. The van der Waals surface area contributed by atoms with E-state index in [1.54, 1.807) is 11.4 Å². The van der Waals surface area contributed by atoms with Gasteiger partial charge in [0.2, 0.25) is 11.8 Å². The topological polar surface area (TPSA) is 132 Å². The second-order valence-electron chi connectivity index (χ2n) is 4.03. The summed E-state index contributed by atoms with van der Waals surface area (Å²) in [6, 6.07) is 6.80. The number of anilines is 1. The van der Waals surface area contributed by atoms with Crippen molar-refractivity contribution in [2.45, 2.75) is 4.21 Å². The summed E-state index contributed by atoms with van der Waals surface area (Å²) < 4.78 is 26.5. The van der Waals surface area contributed by atoms with Gasteiger partial charge in [-0.15, -0.1) is 11.3 Å². The van der Waals surface area contributed by atoms with Crippen LogP contribution in [0.1, 0.15) is 20.7 Å². The van der Waals surface area contributed by atoms with E-state index in [0.29, 0.717) is 0 Å². The van der Waals surface area contributed by atoms with E-state index in [0.717, 1.165) is 11.3 Å². The van der Waals surface area contributed by atoms with Gasteiger partial charge in [-0.25, -0.2) is 8.42 Å². The van der Waals surface area contributed by atoms with Gasteiger partial charge >= 0.3 is 0 Å². The number of nitrogens with one attached hydrogen (secondary N) is 1. The zero-order valence-corrected chi connectivity index (χ0v) is 12.2. The van der Waals surface area contributed by atoms with Crippen molar-refractivity contribution in [3.05, 3.63) is 46.8 Å². The number of carbonyl (C=O) groups is 2. The fraction of sp³-hybridized carbons (Fsp3) is 0. The summed E-state index contributed by atoms with van der Waals surface area (Å²) in [5.74, 6) is -1.70. The first kappa shape index (κ1) is 15.0. The number of primary amides is 2. The minimum atomic E-state index is -3.75. The number of sulfonamides is 1. The Hall–Kier alpha value is -2.39. The Bertz CT molecular complexity index is 798. The Morgan fingerprint density at radius 2 is 1.71 bits per heavy atom. The van der Waals surface area contributed by atoms with E-state index >= 15 is 0 Å². The molecule has 2 rings (SSSR count). The van der Waals surface area contributed by atoms with Crippen molar-refractivity contribution in [3.8, 4) is 0 Å². The minimum Gasteiger partial charge on any atom is -0.366 e. The van der Waals surface area contributed by atoms with Crippen molar-refractivity contribution in [3.63, 3.8) is 0 Å². The largest absolute Gasteiger partial charge is 0.366 e. The Labute approximate surface area is 124 Å². The van der Waals surface area contributed by atoms with Gasteiger partial charge in [0, 0.05) is 5.69 Å². The van der Waals surface area contributed by atoms with E-state index in [2.05, 4.69) is 4.72 Å². The van der Waals surface area contributed by atoms with Crippen molar-refractivity contribution < 1.29 is 18.0 Å². The second kappa shape index (κ2) is 5.54. The fourth-order valence-electron chi connectivity index (χ4n) is 1.65. The lowest BCUT2D eigenvalue weighted by Crippen LogP contribution is -2.21. The van der Waals surface area contributed by atoms with Crippen molar-refractivity contribution in [2.24, 2.45) is 11.5 Å². The molecule has 1 aromatic carbocycles. The third-order valence-electron chi connectivity index (χ3n) is 2.56. The van der Waals surface area contributed by atoms with Crippen molar-refractivity contribution in [2.75, 3.05) is 4.72 Å². The van der Waals surface area contributed by atoms with Crippen molar-refractivity contribution >= 4 is 38.9 Å². The minimum absolute atomic E-state index is 0.0680. The lowest BCUT2D eigenvalue weighted by Gasteiger charge is -2.09. The molecule has 2 amide bonds. The first-order valence-electron chi connectivity index (χ1n) is 5.61. The van der Waals surface area contributed by atoms with Crippen LogP contribution in [0.2, 0.25) is 0 Å². The van der Waals surface area contributed by atoms with Crippen molar-refractivity contribution in [1.29, 1.82) is 0 Å². The molecule has 0 fully saturated rings. The molecule has 7 nitrogen and oxygen atoms in total. The lowest BCUT2D eigenvalue weighted by atomic mass is 10.1. The molecule has 5 N–H and O–H groups in total. The third-order valence-corrected chi connectivity index (χ3v) is 5.34. The number of amides is 2. The van der Waals surface area contributed by atoms with E-state index in [-0.39, 0.29) is 21.0 Å². The molecular formula is C12H11N3O4S2. The van der Waals surface area contributed by atoms with Crippen LogP contribution in [0.15, 0.2) is 39.9 Å². The Kier molecular flexibility index (Phi) is 3.96. The number of benzene rings is 1. The molecule has 0 atom stereocenters. The Morgan fingerprint density at radius 1 is 1.05 bits per heavy atom. The molecular weight excluding hydrogens is 314 g/mol. The summed E-state index contributed by atoms with van der Waals surface area (Å²) in [5.41, 5.74) is 10.2. The standard InChI is InChI=1S/C12H11N3O4S2/c13-11(16)8-4-3-7(6-9(8)12(14)17)15-21(18,19)10-2-1-5-20-10/h1-6,15H,(H2,13,16)(H2,14,17). The van der Waals surface area contributed by atoms with Gasteiger partial charge in [-0.05, 0) is 29.6 Å². The molecule has 0 aliphatic rings. The molecule has 2 aromatic rings. The SMILES string of the molecule is NC(=O)c1ccc(NS(=O)(=O)c2cccs2)cc1C(N)=O. The van der Waals surface area contributed by atoms with E-state index in [1.807, 2.05) is 0 Å². The highest BCUT2D eigenvalue weighted by molar-refractivity contribution is 7.94. The molecule has 1 aromatic heterocycles. The Morgan fingerprint density at radius 3 is 2.24 bits per heavy atom. The van der Waals surface area contributed by atoms with E-state index < -0.39 is 21.8 Å². The van der Waals surface area contributed by atoms with Gasteiger partial charge in [0.15, 0.2) is 0 Å². The smallest absolute Gasteiger partial charge is 0.271 e. The number of hydrogen-bond donors (Lipinski definition) is 3. The van der Waals surface area contributed by atoms with E-state index in [4.69, 9.17) is 11.5 Å². The zero-order chi connectivity index (χ0) is 15.6. The number of rotatable bonds is 5. The van der Waals surface area contributed by atoms with E-state index in [1.165, 1.54) is 24.3 Å². The van der Waals surface area contributed by atoms with Gasteiger partial charge in [-0.1, -0.05) is 6.07 Å². The van der Waals surface area contributed by atoms with Gasteiger partial charge in [0.05, 0.1) is 11.1 Å². The lowest BCUT2D eigenvalue weighted by molar-refractivity contribution is 0.0967. The van der Waals surface area contributed by atoms with Crippen LogP contribution < -0.4 is 16.2 Å². The quantitative estimate of drug-likeness (QED) is 0.748. The van der Waals surface area contributed by atoms with Gasteiger partial charge in [0.1, 0.15) is 4.21 Å². The number of carbonyl (C=O) groups excluding carboxylic acids is 2. The molecule has 9 heteroatoms. The summed E-state index contributed by atoms with van der Waals surface area (Å²) in [7, 11) is -3.75. The van der Waals surface area contributed by atoms with Crippen LogP contribution in [0.3, 0.4) is 0 Å². The molecule has 0 saturated heterocycles. The molecule has 0 bridgehead atoms. The average Bonchev–Trinajstić information content (AvgIpc) is 2.92. The molecule has 21 heavy (non-hydrogen) atoms. The molecule has 0 saturated carbocycles. The van der Waals surface area contributed by atoms with Crippen LogP contribution in [0, 0.1) is 0 Å². The van der Waals surface area contributed by atoms with Crippen LogP contribution in [0.5, 0.6) is 0 Å². The molecule has 0 radical (unpaired) electrons. The summed E-state index contributed by atoms with van der Waals surface area (Å²) in [6.07, 6.45) is 0. The third kappa shape index (κ3) is 3.20. The van der Waals surface area contributed by atoms with Gasteiger partial charge in [-0.3, -0.25) is 14.3 Å². The number of thiophene rings is 1. The average molecular weight is 325 g/mol. The highest BCUT2D eigenvalue weighted by atomic mass is 32.2. The molecule has 0 spiro atoms. The molecule has 110 valence electrons. The first-order chi connectivity index (χ1) is 9.81. The molecule has 0 aliphatic heterocycles. The maximum absolute atomic E-state index is 12.1. The summed E-state index contributed by atoms with van der Waals surface area (Å²) in [4.78, 5) is 22.5. The van der Waals surface area contributed by atoms with Crippen LogP contribution >= 0.6 is 11.3 Å². The molecule has 1 heterocycles. The summed E-state index contributed by atoms with van der Waals surface area (Å²) >= 11 is 1.05. The maximum Gasteiger partial charge on any atom is 0.271 e. The number of hydrogen-bond acceptors (Lipinski definition) is 5. The second-order valence-corrected chi connectivity index (χ2v) is 6.88. The van der Waals surface area contributed by atoms with Crippen LogP contribution in [-0.2, 0) is 10.0 Å². The summed E-state index contributed by atoms with van der Waals surface area (Å²) in [5, 5.41) is 1.62. The first-order valence-corrected chi connectivity index (χ1v) is 7.97. The van der Waals surface area contributed by atoms with Gasteiger partial charge in [-0.2, -0.15) is 0 Å². The van der Waals surface area contributed by atoms with Crippen LogP contribution in [-0.4, -0.2) is 20.2 Å². The monoisotopic (exact) mass is 325 g/mol. The molecule has 0 aliphatic carbocycles. The van der Waals surface area contributed by atoms with Crippen LogP contribution in [0.25, 0.3) is 0 Å². The summed E-state index contributed by atoms with van der Waals surface area (Å²) in [6.45, 7) is 0. The van der Waals surface area contributed by atoms with Gasteiger partial charge < -0.3 is 11.5 Å². The molecule has 0 unspecified atom stereocenters. The van der Waals surface area contributed by atoms with E-state index in [9.17, 15) is 18.0 Å². The van der Waals surface area contributed by atoms with Crippen molar-refractivity contribution in [1.82, 2.24) is 0 Å². The van der Waals surface area contributed by atoms with Gasteiger partial charge in [0.25, 0.3) is 10.0 Å². The maximum atomic E-state index is 12.1. The van der Waals surface area contributed by atoms with Crippen LogP contribution in [0.4, 0.5) is 5.69 Å². The Balaban J connectivity index is 2.41. The highest BCUT2D eigenvalue weighted by Gasteiger charge is 2.18. The number of nitrogens with two attached hydrogens (primary N) is 2.